The van der Waals surface area contributed by atoms with Crippen molar-refractivity contribution < 1.29 is 4.79 Å². The van der Waals surface area contributed by atoms with E-state index in [-0.39, 0.29) is 5.91 Å². The lowest BCUT2D eigenvalue weighted by Gasteiger charge is -2.11. The Morgan fingerprint density at radius 3 is 2.26 bits per heavy atom. The molecular weight excluding hydrogens is 236 g/mol. The first kappa shape index (κ1) is 13.1. The van der Waals surface area contributed by atoms with Gasteiger partial charge in [0.15, 0.2) is 0 Å². The van der Waals surface area contributed by atoms with E-state index in [0.29, 0.717) is 16.9 Å². The quantitative estimate of drug-likeness (QED) is 0.806. The molecule has 19 heavy (non-hydrogen) atoms. The van der Waals surface area contributed by atoms with Crippen LogP contribution in [-0.2, 0) is 0 Å². The van der Waals surface area contributed by atoms with Crippen LogP contribution in [0.1, 0.15) is 27.0 Å². The number of amides is 1. The summed E-state index contributed by atoms with van der Waals surface area (Å²) < 4.78 is 0. The van der Waals surface area contributed by atoms with Gasteiger partial charge in [0.25, 0.3) is 5.91 Å². The van der Waals surface area contributed by atoms with Gasteiger partial charge in [0.2, 0.25) is 0 Å². The molecule has 3 heteroatoms. The van der Waals surface area contributed by atoms with E-state index in [1.165, 1.54) is 0 Å². The highest BCUT2D eigenvalue weighted by molar-refractivity contribution is 6.06. The van der Waals surface area contributed by atoms with E-state index in [2.05, 4.69) is 5.32 Å². The number of rotatable bonds is 2. The van der Waals surface area contributed by atoms with Crippen molar-refractivity contribution >= 4 is 17.3 Å². The van der Waals surface area contributed by atoms with E-state index >= 15 is 0 Å². The number of nitrogen functional groups attached to an aromatic ring is 1. The lowest BCUT2D eigenvalue weighted by molar-refractivity contribution is 0.102. The van der Waals surface area contributed by atoms with E-state index in [1.807, 2.05) is 57.2 Å². The molecular formula is C16H18N2O. The molecule has 0 saturated carbocycles. The number of anilines is 2. The summed E-state index contributed by atoms with van der Waals surface area (Å²) in [6.07, 6.45) is 0. The van der Waals surface area contributed by atoms with Crippen molar-refractivity contribution in [2.24, 2.45) is 0 Å². The molecule has 0 heterocycles. The van der Waals surface area contributed by atoms with Crippen LogP contribution in [0.15, 0.2) is 36.4 Å². The lowest BCUT2D eigenvalue weighted by Crippen LogP contribution is -2.14. The van der Waals surface area contributed by atoms with Crippen molar-refractivity contribution in [3.05, 3.63) is 58.7 Å². The molecule has 0 aliphatic heterocycles. The number of nitrogens with two attached hydrogens (primary N) is 1. The Kier molecular flexibility index (Phi) is 3.56. The monoisotopic (exact) mass is 254 g/mol. The highest BCUT2D eigenvalue weighted by Crippen LogP contribution is 2.21. The Morgan fingerprint density at radius 1 is 1.00 bits per heavy atom. The number of hydrogen-bond donors (Lipinski definition) is 2. The van der Waals surface area contributed by atoms with Crippen LogP contribution in [0.3, 0.4) is 0 Å². The molecule has 2 aromatic rings. The van der Waals surface area contributed by atoms with Crippen LogP contribution >= 0.6 is 0 Å². The van der Waals surface area contributed by atoms with Gasteiger partial charge in [0.05, 0.1) is 11.4 Å². The molecule has 0 bridgehead atoms. The highest BCUT2D eigenvalue weighted by Gasteiger charge is 2.10. The molecule has 0 saturated heterocycles. The van der Waals surface area contributed by atoms with Crippen LogP contribution < -0.4 is 11.1 Å². The van der Waals surface area contributed by atoms with E-state index in [1.54, 1.807) is 0 Å². The topological polar surface area (TPSA) is 55.1 Å². The van der Waals surface area contributed by atoms with Gasteiger partial charge in [-0.25, -0.2) is 0 Å². The van der Waals surface area contributed by atoms with E-state index in [0.717, 1.165) is 16.7 Å². The van der Waals surface area contributed by atoms with Crippen LogP contribution in [0.5, 0.6) is 0 Å². The first-order valence-corrected chi connectivity index (χ1v) is 6.22. The third kappa shape index (κ3) is 2.94. The summed E-state index contributed by atoms with van der Waals surface area (Å²) in [5.41, 5.74) is 11.0. The lowest BCUT2D eigenvalue weighted by atomic mass is 10.0. The van der Waals surface area contributed by atoms with Crippen molar-refractivity contribution in [1.29, 1.82) is 0 Å². The zero-order valence-corrected chi connectivity index (χ0v) is 11.4. The Labute approximate surface area is 113 Å². The number of aryl methyl sites for hydroxylation is 3. The molecule has 1 amide bonds. The van der Waals surface area contributed by atoms with Gasteiger partial charge in [-0.1, -0.05) is 23.8 Å². The van der Waals surface area contributed by atoms with E-state index < -0.39 is 0 Å². The Morgan fingerprint density at radius 2 is 1.63 bits per heavy atom. The molecule has 0 unspecified atom stereocenters. The first-order valence-electron chi connectivity index (χ1n) is 6.22. The Bertz CT molecular complexity index is 633. The van der Waals surface area contributed by atoms with Crippen LogP contribution in [0.25, 0.3) is 0 Å². The maximum Gasteiger partial charge on any atom is 0.255 e. The van der Waals surface area contributed by atoms with Gasteiger partial charge in [-0.05, 0) is 50.1 Å². The average Bonchev–Trinajstić information content (AvgIpc) is 2.32. The normalized spacial score (nSPS) is 10.3. The molecule has 98 valence electrons. The molecule has 0 aliphatic rings. The van der Waals surface area contributed by atoms with Crippen LogP contribution in [-0.4, -0.2) is 5.91 Å². The third-order valence-corrected chi connectivity index (χ3v) is 3.08. The predicted octanol–water partition coefficient (Wildman–Crippen LogP) is 3.45. The first-order chi connectivity index (χ1) is 8.97. The summed E-state index contributed by atoms with van der Waals surface area (Å²) in [4.78, 5) is 12.2. The summed E-state index contributed by atoms with van der Waals surface area (Å²) in [6, 6.07) is 11.4. The molecule has 0 radical (unpaired) electrons. The fraction of sp³-hybridized carbons (Fsp3) is 0.188. The van der Waals surface area contributed by atoms with Crippen LogP contribution in [0.2, 0.25) is 0 Å². The fourth-order valence-corrected chi connectivity index (χ4v) is 2.05. The zero-order valence-electron chi connectivity index (χ0n) is 11.4. The SMILES string of the molecule is Cc1ccc(C(=O)Nc2ccc(C)cc2N)c(C)c1. The number of benzene rings is 2. The number of carbonyl (C=O) groups is 1. The van der Waals surface area contributed by atoms with Gasteiger partial charge in [0, 0.05) is 5.56 Å². The van der Waals surface area contributed by atoms with Crippen molar-refractivity contribution in [3.63, 3.8) is 0 Å². The summed E-state index contributed by atoms with van der Waals surface area (Å²) in [7, 11) is 0. The molecule has 3 N–H and O–H groups in total. The van der Waals surface area contributed by atoms with Gasteiger partial charge in [0.1, 0.15) is 0 Å². The minimum Gasteiger partial charge on any atom is -0.397 e. The maximum atomic E-state index is 12.2. The minimum atomic E-state index is -0.131. The maximum absolute atomic E-state index is 12.2. The van der Waals surface area contributed by atoms with Gasteiger partial charge in [-0.15, -0.1) is 0 Å². The van der Waals surface area contributed by atoms with Crippen molar-refractivity contribution in [3.8, 4) is 0 Å². The summed E-state index contributed by atoms with van der Waals surface area (Å²) in [5.74, 6) is -0.131. The number of nitrogens with one attached hydrogen (secondary N) is 1. The van der Waals surface area contributed by atoms with Crippen molar-refractivity contribution in [2.45, 2.75) is 20.8 Å². The predicted molar refractivity (Wildman–Crippen MR) is 79.5 cm³/mol. The molecule has 0 fully saturated rings. The van der Waals surface area contributed by atoms with Gasteiger partial charge in [-0.3, -0.25) is 4.79 Å². The van der Waals surface area contributed by atoms with E-state index in [4.69, 9.17) is 5.73 Å². The summed E-state index contributed by atoms with van der Waals surface area (Å²) in [6.45, 7) is 5.90. The average molecular weight is 254 g/mol. The number of carbonyl (C=O) groups excluding carboxylic acids is 1. The standard InChI is InChI=1S/C16H18N2O/c1-10-4-6-13(12(3)8-10)16(19)18-15-7-5-11(2)9-14(15)17/h4-9H,17H2,1-3H3,(H,18,19). The van der Waals surface area contributed by atoms with Crippen molar-refractivity contribution in [1.82, 2.24) is 0 Å². The molecule has 0 aliphatic carbocycles. The van der Waals surface area contributed by atoms with E-state index in [9.17, 15) is 4.79 Å². The molecule has 2 rings (SSSR count). The summed E-state index contributed by atoms with van der Waals surface area (Å²) in [5, 5.41) is 2.85. The molecule has 0 spiro atoms. The second-order valence-electron chi connectivity index (χ2n) is 4.86. The zero-order chi connectivity index (χ0) is 14.0. The largest absolute Gasteiger partial charge is 0.397 e. The second kappa shape index (κ2) is 5.14. The molecule has 0 atom stereocenters. The Hall–Kier alpha value is -2.29. The third-order valence-electron chi connectivity index (χ3n) is 3.08. The number of hydrogen-bond acceptors (Lipinski definition) is 2. The second-order valence-corrected chi connectivity index (χ2v) is 4.86. The summed E-state index contributed by atoms with van der Waals surface area (Å²) >= 11 is 0. The minimum absolute atomic E-state index is 0.131. The van der Waals surface area contributed by atoms with Crippen LogP contribution in [0, 0.1) is 20.8 Å². The smallest absolute Gasteiger partial charge is 0.255 e. The Balaban J connectivity index is 2.25. The van der Waals surface area contributed by atoms with Gasteiger partial charge in [-0.2, -0.15) is 0 Å². The molecule has 3 nitrogen and oxygen atoms in total. The molecule has 0 aromatic heterocycles. The van der Waals surface area contributed by atoms with Gasteiger partial charge >= 0.3 is 0 Å². The van der Waals surface area contributed by atoms with Crippen LogP contribution in [0.4, 0.5) is 11.4 Å². The van der Waals surface area contributed by atoms with Crippen molar-refractivity contribution in [2.75, 3.05) is 11.1 Å². The molecule has 2 aromatic carbocycles. The van der Waals surface area contributed by atoms with Gasteiger partial charge < -0.3 is 11.1 Å². The highest BCUT2D eigenvalue weighted by atomic mass is 16.1. The fourth-order valence-electron chi connectivity index (χ4n) is 2.05.